The van der Waals surface area contributed by atoms with Crippen LogP contribution in [0.4, 0.5) is 0 Å². The van der Waals surface area contributed by atoms with E-state index in [9.17, 15) is 14.7 Å². The first-order valence-corrected chi connectivity index (χ1v) is 8.46. The van der Waals surface area contributed by atoms with Crippen molar-refractivity contribution < 1.29 is 14.7 Å². The lowest BCUT2D eigenvalue weighted by Gasteiger charge is -2.36. The molecule has 0 aromatic heterocycles. The van der Waals surface area contributed by atoms with Crippen molar-refractivity contribution in [1.29, 1.82) is 0 Å². The Kier molecular flexibility index (Phi) is 2.99. The Balaban J connectivity index is 1.61. The first kappa shape index (κ1) is 13.2. The zero-order valence-corrected chi connectivity index (χ0v) is 12.4. The van der Waals surface area contributed by atoms with Crippen LogP contribution in [0, 0.1) is 5.92 Å². The smallest absolute Gasteiger partial charge is 0.327 e. The van der Waals surface area contributed by atoms with E-state index in [0.29, 0.717) is 11.7 Å². The summed E-state index contributed by atoms with van der Waals surface area (Å²) in [6.07, 6.45) is 2.99. The summed E-state index contributed by atoms with van der Waals surface area (Å²) in [6.45, 7) is 0. The van der Waals surface area contributed by atoms with E-state index in [0.717, 1.165) is 24.8 Å². The lowest BCUT2D eigenvalue weighted by Crippen LogP contribution is -2.49. The molecule has 1 N–H and O–H groups in total. The summed E-state index contributed by atoms with van der Waals surface area (Å²) in [5, 5.41) is 9.49. The molecular weight excluding hydrogens is 286 g/mol. The number of carbonyl (C=O) groups is 2. The van der Waals surface area contributed by atoms with Crippen LogP contribution in [0.25, 0.3) is 0 Å². The monoisotopic (exact) mass is 303 g/mol. The van der Waals surface area contributed by atoms with Crippen LogP contribution >= 0.6 is 11.8 Å². The maximum atomic E-state index is 12.9. The Morgan fingerprint density at radius 1 is 1.24 bits per heavy atom. The molecule has 0 spiro atoms. The van der Waals surface area contributed by atoms with Gasteiger partial charge in [-0.1, -0.05) is 24.3 Å². The fraction of sp³-hybridized carbons (Fsp3) is 0.500. The van der Waals surface area contributed by atoms with Crippen LogP contribution in [0.2, 0.25) is 0 Å². The molecule has 110 valence electrons. The van der Waals surface area contributed by atoms with Gasteiger partial charge in [0.1, 0.15) is 6.04 Å². The van der Waals surface area contributed by atoms with Gasteiger partial charge in [0.15, 0.2) is 0 Å². The molecule has 1 saturated heterocycles. The average Bonchev–Trinajstić information content (AvgIpc) is 3.18. The SMILES string of the molecule is O=C(O)C1CSC(C2CC2)N1C(=O)C1Cc2ccccc21. The van der Waals surface area contributed by atoms with Gasteiger partial charge in [-0.2, -0.15) is 0 Å². The van der Waals surface area contributed by atoms with Crippen molar-refractivity contribution in [3.8, 4) is 0 Å². The van der Waals surface area contributed by atoms with Crippen LogP contribution in [0.15, 0.2) is 24.3 Å². The molecule has 1 amide bonds. The molecule has 3 aliphatic rings. The summed E-state index contributed by atoms with van der Waals surface area (Å²) in [5.41, 5.74) is 2.30. The third-order valence-corrected chi connectivity index (χ3v) is 6.21. The molecule has 5 heteroatoms. The van der Waals surface area contributed by atoms with E-state index in [1.807, 2.05) is 24.3 Å². The molecule has 4 nitrogen and oxygen atoms in total. The second kappa shape index (κ2) is 4.77. The minimum Gasteiger partial charge on any atom is -0.480 e. The number of carboxylic acid groups (broad SMARTS) is 1. The molecule has 4 rings (SSSR count). The quantitative estimate of drug-likeness (QED) is 0.929. The topological polar surface area (TPSA) is 57.6 Å². The van der Waals surface area contributed by atoms with Crippen molar-refractivity contribution in [2.75, 3.05) is 5.75 Å². The molecule has 1 aromatic carbocycles. The zero-order valence-electron chi connectivity index (χ0n) is 11.6. The normalized spacial score (nSPS) is 30.7. The molecule has 2 aliphatic carbocycles. The minimum atomic E-state index is -0.869. The summed E-state index contributed by atoms with van der Waals surface area (Å²) >= 11 is 1.64. The van der Waals surface area contributed by atoms with Crippen molar-refractivity contribution in [3.63, 3.8) is 0 Å². The van der Waals surface area contributed by atoms with E-state index >= 15 is 0 Å². The maximum Gasteiger partial charge on any atom is 0.327 e. The maximum absolute atomic E-state index is 12.9. The van der Waals surface area contributed by atoms with Crippen molar-refractivity contribution in [3.05, 3.63) is 35.4 Å². The predicted molar refractivity (Wildman–Crippen MR) is 80.1 cm³/mol. The van der Waals surface area contributed by atoms with Crippen LogP contribution in [0.5, 0.6) is 0 Å². The lowest BCUT2D eigenvalue weighted by atomic mass is 9.76. The number of carbonyl (C=O) groups excluding carboxylic acids is 1. The van der Waals surface area contributed by atoms with Gasteiger partial charge in [-0.3, -0.25) is 4.79 Å². The minimum absolute atomic E-state index is 0.0167. The fourth-order valence-electron chi connectivity index (χ4n) is 3.40. The van der Waals surface area contributed by atoms with E-state index in [1.165, 1.54) is 5.56 Å². The number of nitrogens with zero attached hydrogens (tertiary/aromatic N) is 1. The predicted octanol–water partition coefficient (Wildman–Crippen LogP) is 2.09. The van der Waals surface area contributed by atoms with Gasteiger partial charge in [0.2, 0.25) is 5.91 Å². The Labute approximate surface area is 127 Å². The molecule has 0 bridgehead atoms. The number of hydrogen-bond acceptors (Lipinski definition) is 3. The van der Waals surface area contributed by atoms with Crippen LogP contribution < -0.4 is 0 Å². The summed E-state index contributed by atoms with van der Waals surface area (Å²) in [5.74, 6) is 0.0348. The first-order chi connectivity index (χ1) is 10.2. The molecular formula is C16H17NO3S. The van der Waals surface area contributed by atoms with E-state index < -0.39 is 12.0 Å². The summed E-state index contributed by atoms with van der Waals surface area (Å²) in [4.78, 5) is 26.1. The molecule has 2 fully saturated rings. The highest BCUT2D eigenvalue weighted by Gasteiger charge is 2.50. The number of hydrogen-bond donors (Lipinski definition) is 1. The van der Waals surface area contributed by atoms with Gasteiger partial charge in [0.25, 0.3) is 0 Å². The Morgan fingerprint density at radius 2 is 2.00 bits per heavy atom. The third-order valence-electron chi connectivity index (χ3n) is 4.75. The van der Waals surface area contributed by atoms with Gasteiger partial charge in [0, 0.05) is 5.75 Å². The van der Waals surface area contributed by atoms with Crippen molar-refractivity contribution in [2.24, 2.45) is 5.92 Å². The van der Waals surface area contributed by atoms with Crippen LogP contribution in [0.3, 0.4) is 0 Å². The van der Waals surface area contributed by atoms with Gasteiger partial charge in [-0.15, -0.1) is 11.8 Å². The van der Waals surface area contributed by atoms with Crippen LogP contribution in [0.1, 0.15) is 29.9 Å². The molecule has 21 heavy (non-hydrogen) atoms. The number of fused-ring (bicyclic) bond motifs is 1. The molecule has 3 atom stereocenters. The fourth-order valence-corrected chi connectivity index (χ4v) is 5.04. The van der Waals surface area contributed by atoms with Crippen molar-refractivity contribution in [1.82, 2.24) is 4.90 Å². The Hall–Kier alpha value is -1.49. The second-order valence-electron chi connectivity index (χ2n) is 6.12. The zero-order chi connectivity index (χ0) is 14.6. The van der Waals surface area contributed by atoms with E-state index in [2.05, 4.69) is 0 Å². The number of aliphatic carboxylic acids is 1. The number of benzene rings is 1. The van der Waals surface area contributed by atoms with Crippen molar-refractivity contribution >= 4 is 23.6 Å². The number of thioether (sulfide) groups is 1. The van der Waals surface area contributed by atoms with Crippen molar-refractivity contribution in [2.45, 2.75) is 36.6 Å². The molecule has 1 saturated carbocycles. The van der Waals surface area contributed by atoms with Gasteiger partial charge in [-0.25, -0.2) is 4.79 Å². The van der Waals surface area contributed by atoms with Gasteiger partial charge >= 0.3 is 5.97 Å². The highest BCUT2D eigenvalue weighted by molar-refractivity contribution is 8.00. The van der Waals surface area contributed by atoms with E-state index in [-0.39, 0.29) is 17.2 Å². The molecule has 1 aromatic rings. The number of carboxylic acids is 1. The standard InChI is InChI=1S/C16H17NO3S/c18-14(12-7-10-3-1-2-4-11(10)12)17-13(16(19)20)8-21-15(17)9-5-6-9/h1-4,9,12-13,15H,5-8H2,(H,19,20). The Morgan fingerprint density at radius 3 is 2.67 bits per heavy atom. The number of amides is 1. The molecule has 1 heterocycles. The Bertz CT molecular complexity index is 613. The molecule has 1 aliphatic heterocycles. The van der Waals surface area contributed by atoms with Crippen LogP contribution in [-0.2, 0) is 16.0 Å². The molecule has 0 radical (unpaired) electrons. The largest absolute Gasteiger partial charge is 0.480 e. The van der Waals surface area contributed by atoms with Gasteiger partial charge in [-0.05, 0) is 36.3 Å². The van der Waals surface area contributed by atoms with Gasteiger partial charge < -0.3 is 10.0 Å². The average molecular weight is 303 g/mol. The summed E-state index contributed by atoms with van der Waals surface area (Å²) < 4.78 is 0. The van der Waals surface area contributed by atoms with E-state index in [4.69, 9.17) is 0 Å². The molecule has 3 unspecified atom stereocenters. The van der Waals surface area contributed by atoms with E-state index in [1.54, 1.807) is 16.7 Å². The third kappa shape index (κ3) is 2.06. The summed E-state index contributed by atoms with van der Waals surface area (Å²) in [7, 11) is 0. The first-order valence-electron chi connectivity index (χ1n) is 7.41. The second-order valence-corrected chi connectivity index (χ2v) is 7.27. The summed E-state index contributed by atoms with van der Waals surface area (Å²) in [6, 6.07) is 7.32. The van der Waals surface area contributed by atoms with Gasteiger partial charge in [0.05, 0.1) is 11.3 Å². The van der Waals surface area contributed by atoms with Crippen LogP contribution in [-0.4, -0.2) is 39.1 Å². The number of rotatable bonds is 3. The highest BCUT2D eigenvalue weighted by atomic mass is 32.2. The lowest BCUT2D eigenvalue weighted by molar-refractivity contribution is -0.150. The highest BCUT2D eigenvalue weighted by Crippen LogP contribution is 2.47.